The average molecular weight is 666 g/mol. The van der Waals surface area contributed by atoms with Crippen molar-refractivity contribution in [3.8, 4) is 17.1 Å². The molecule has 0 radical (unpaired) electrons. The molecule has 222 valence electrons. The molecule has 14 nitrogen and oxygen atoms in total. The summed E-state index contributed by atoms with van der Waals surface area (Å²) in [6.45, 7) is 5.99. The number of pyridine rings is 1. The van der Waals surface area contributed by atoms with Gasteiger partial charge in [0.05, 0.1) is 47.5 Å². The van der Waals surface area contributed by atoms with Gasteiger partial charge in [0.25, 0.3) is 0 Å². The predicted molar refractivity (Wildman–Crippen MR) is 169 cm³/mol. The van der Waals surface area contributed by atoms with Crippen LogP contribution in [0.25, 0.3) is 22.3 Å². The van der Waals surface area contributed by atoms with Crippen LogP contribution in [0.2, 0.25) is 0 Å². The van der Waals surface area contributed by atoms with Crippen LogP contribution in [0.5, 0.6) is 5.88 Å². The fraction of sp³-hybridized carbons (Fsp3) is 0.296. The Kier molecular flexibility index (Phi) is 7.95. The number of aryl methyl sites for hydroxylation is 1. The van der Waals surface area contributed by atoms with E-state index in [1.54, 1.807) is 43.7 Å². The number of morpholine rings is 1. The number of hydrogen-bond acceptors (Lipinski definition) is 13. The lowest BCUT2D eigenvalue weighted by atomic mass is 10.1. The number of methoxy groups -OCH3 is 1. The van der Waals surface area contributed by atoms with Gasteiger partial charge in [-0.3, -0.25) is 14.6 Å². The molecule has 1 aliphatic heterocycles. The van der Waals surface area contributed by atoms with Crippen LogP contribution in [0.3, 0.4) is 0 Å². The van der Waals surface area contributed by atoms with E-state index < -0.39 is 7.14 Å². The van der Waals surface area contributed by atoms with Crippen molar-refractivity contribution in [1.29, 1.82) is 0 Å². The zero-order valence-corrected chi connectivity index (χ0v) is 26.4. The van der Waals surface area contributed by atoms with Crippen molar-refractivity contribution in [3.05, 3.63) is 47.5 Å². The second-order valence-corrected chi connectivity index (χ2v) is 14.2. The molecular formula is C27H29BrN11O3P. The van der Waals surface area contributed by atoms with E-state index in [0.29, 0.717) is 75.9 Å². The number of benzene rings is 1. The molecule has 4 aromatic heterocycles. The monoisotopic (exact) mass is 665 g/mol. The third-order valence-corrected chi connectivity index (χ3v) is 8.86. The Labute approximate surface area is 255 Å². The van der Waals surface area contributed by atoms with E-state index in [9.17, 15) is 4.57 Å². The molecule has 0 aliphatic carbocycles. The fourth-order valence-electron chi connectivity index (χ4n) is 4.84. The van der Waals surface area contributed by atoms with Crippen molar-refractivity contribution in [2.24, 2.45) is 7.05 Å². The Morgan fingerprint density at radius 2 is 1.84 bits per heavy atom. The van der Waals surface area contributed by atoms with Crippen molar-refractivity contribution in [3.63, 3.8) is 0 Å². The Morgan fingerprint density at radius 1 is 1.05 bits per heavy atom. The maximum Gasteiger partial charge on any atom is 0.239 e. The summed E-state index contributed by atoms with van der Waals surface area (Å²) in [7, 11) is 0.607. The smallest absolute Gasteiger partial charge is 0.239 e. The van der Waals surface area contributed by atoms with Crippen LogP contribution >= 0.6 is 23.1 Å². The van der Waals surface area contributed by atoms with E-state index in [1.165, 1.54) is 0 Å². The minimum atomic E-state index is -2.77. The van der Waals surface area contributed by atoms with Gasteiger partial charge in [0.2, 0.25) is 11.8 Å². The van der Waals surface area contributed by atoms with Crippen molar-refractivity contribution in [1.82, 2.24) is 39.9 Å². The summed E-state index contributed by atoms with van der Waals surface area (Å²) in [6, 6.07) is 5.57. The number of nitrogens with zero attached hydrogens (tertiary/aromatic N) is 9. The molecule has 0 unspecified atom stereocenters. The lowest BCUT2D eigenvalue weighted by Gasteiger charge is -2.29. The fourth-order valence-corrected chi connectivity index (χ4v) is 6.52. The van der Waals surface area contributed by atoms with Gasteiger partial charge in [0, 0.05) is 44.3 Å². The van der Waals surface area contributed by atoms with E-state index in [0.717, 1.165) is 11.4 Å². The van der Waals surface area contributed by atoms with E-state index in [2.05, 4.69) is 56.7 Å². The molecule has 1 saturated heterocycles. The molecule has 5 aromatic rings. The second-order valence-electron chi connectivity index (χ2n) is 10.2. The Hall–Kier alpha value is -4.20. The van der Waals surface area contributed by atoms with Crippen molar-refractivity contribution in [2.45, 2.75) is 0 Å². The number of rotatable bonds is 8. The quantitative estimate of drug-likeness (QED) is 0.230. The number of anilines is 5. The molecule has 0 atom stereocenters. The topological polar surface area (TPSA) is 158 Å². The van der Waals surface area contributed by atoms with Gasteiger partial charge in [-0.1, -0.05) is 5.21 Å². The highest BCUT2D eigenvalue weighted by atomic mass is 79.9. The molecule has 16 heteroatoms. The SMILES string of the molecule is COc1nc(N2CCOCC2)c(-c2cn(C)nn2)cc1Nc1ncc(Br)c(Nc2ccc3nccnc3c2P(C)(C)=O)n1. The highest BCUT2D eigenvalue weighted by molar-refractivity contribution is 9.10. The van der Waals surface area contributed by atoms with Crippen LogP contribution < -0.4 is 25.6 Å². The lowest BCUT2D eigenvalue weighted by Crippen LogP contribution is -2.37. The van der Waals surface area contributed by atoms with E-state index in [1.807, 2.05) is 31.4 Å². The number of fused-ring (bicyclic) bond motifs is 1. The van der Waals surface area contributed by atoms with Crippen LogP contribution in [0, 0.1) is 0 Å². The molecule has 1 fully saturated rings. The highest BCUT2D eigenvalue weighted by Crippen LogP contribution is 2.41. The van der Waals surface area contributed by atoms with Crippen LogP contribution in [0.1, 0.15) is 0 Å². The standard InChI is InChI=1S/C27H29BrN11O3P/c1-38-15-21(36-37-38)16-13-20(26(41-2)35-25(16)39-9-11-42-12-10-39)33-27-31-14-17(28)24(34-27)32-19-6-5-18-22(30-8-7-29-18)23(19)43(3,4)40/h5-8,13-15H,9-12H2,1-4H3,(H2,31,32,33,34). The molecule has 6 rings (SSSR count). The van der Waals surface area contributed by atoms with Crippen molar-refractivity contribution < 1.29 is 14.0 Å². The molecule has 0 amide bonds. The van der Waals surface area contributed by atoms with E-state index >= 15 is 0 Å². The van der Waals surface area contributed by atoms with Gasteiger partial charge in [-0.25, -0.2) is 4.98 Å². The van der Waals surface area contributed by atoms with Gasteiger partial charge < -0.3 is 29.6 Å². The lowest BCUT2D eigenvalue weighted by molar-refractivity contribution is 0.122. The number of ether oxygens (including phenoxy) is 2. The predicted octanol–water partition coefficient (Wildman–Crippen LogP) is 3.95. The van der Waals surface area contributed by atoms with Gasteiger partial charge in [-0.2, -0.15) is 9.97 Å². The first-order valence-electron chi connectivity index (χ1n) is 13.4. The molecule has 1 aromatic carbocycles. The summed E-state index contributed by atoms with van der Waals surface area (Å²) in [5.74, 6) is 1.83. The number of halogens is 1. The maximum absolute atomic E-state index is 13.4. The molecule has 43 heavy (non-hydrogen) atoms. The first-order chi connectivity index (χ1) is 20.7. The van der Waals surface area contributed by atoms with Crippen LogP contribution in [-0.2, 0) is 16.3 Å². The second kappa shape index (κ2) is 11.8. The number of hydrogen-bond donors (Lipinski definition) is 2. The zero-order chi connectivity index (χ0) is 30.1. The summed E-state index contributed by atoms with van der Waals surface area (Å²) < 4.78 is 26.9. The zero-order valence-electron chi connectivity index (χ0n) is 23.9. The number of aromatic nitrogens is 8. The molecular weight excluding hydrogens is 637 g/mol. The summed E-state index contributed by atoms with van der Waals surface area (Å²) >= 11 is 3.54. The van der Waals surface area contributed by atoms with Gasteiger partial charge in [-0.15, -0.1) is 5.10 Å². The highest BCUT2D eigenvalue weighted by Gasteiger charge is 2.24. The molecule has 0 bridgehead atoms. The molecule has 0 spiro atoms. The minimum absolute atomic E-state index is 0.285. The average Bonchev–Trinajstić information content (AvgIpc) is 3.44. The summed E-state index contributed by atoms with van der Waals surface area (Å²) in [5.41, 5.74) is 3.84. The first-order valence-corrected chi connectivity index (χ1v) is 16.7. The van der Waals surface area contributed by atoms with Gasteiger partial charge >= 0.3 is 0 Å². The Morgan fingerprint density at radius 3 is 2.56 bits per heavy atom. The van der Waals surface area contributed by atoms with E-state index in [-0.39, 0.29) is 5.95 Å². The van der Waals surface area contributed by atoms with Crippen LogP contribution in [-0.4, -0.2) is 86.7 Å². The van der Waals surface area contributed by atoms with Gasteiger partial charge in [-0.05, 0) is 47.5 Å². The van der Waals surface area contributed by atoms with Crippen LogP contribution in [0.15, 0.2) is 47.5 Å². The molecule has 1 aliphatic rings. The minimum Gasteiger partial charge on any atom is -0.479 e. The summed E-state index contributed by atoms with van der Waals surface area (Å²) in [4.78, 5) is 25.0. The largest absolute Gasteiger partial charge is 0.479 e. The van der Waals surface area contributed by atoms with Crippen molar-refractivity contribution in [2.75, 3.05) is 62.3 Å². The first kappa shape index (κ1) is 28.9. The van der Waals surface area contributed by atoms with Crippen LogP contribution in [0.4, 0.5) is 29.0 Å². The molecule has 2 N–H and O–H groups in total. The Bertz CT molecular complexity index is 1860. The molecule has 0 saturated carbocycles. The number of nitrogens with one attached hydrogen (secondary N) is 2. The van der Waals surface area contributed by atoms with Gasteiger partial charge in [0.15, 0.2) is 0 Å². The third-order valence-electron chi connectivity index (χ3n) is 6.75. The van der Waals surface area contributed by atoms with E-state index in [4.69, 9.17) is 19.4 Å². The van der Waals surface area contributed by atoms with Gasteiger partial charge in [0.1, 0.15) is 35.7 Å². The van der Waals surface area contributed by atoms with Crippen molar-refractivity contribution >= 4 is 68.4 Å². The summed E-state index contributed by atoms with van der Waals surface area (Å²) in [6.07, 6.45) is 6.66. The normalized spacial score (nSPS) is 13.7. The summed E-state index contributed by atoms with van der Waals surface area (Å²) in [5, 5.41) is 15.6. The third kappa shape index (κ3) is 6.01. The maximum atomic E-state index is 13.4. The molecule has 5 heterocycles. The Balaban J connectivity index is 1.38.